The van der Waals surface area contributed by atoms with Crippen LogP contribution in [0.25, 0.3) is 0 Å². The van der Waals surface area contributed by atoms with Gasteiger partial charge in [-0.3, -0.25) is 9.59 Å². The van der Waals surface area contributed by atoms with E-state index in [2.05, 4.69) is 5.32 Å². The topological polar surface area (TPSA) is 81.4 Å². The van der Waals surface area contributed by atoms with Gasteiger partial charge in [-0.25, -0.2) is 0 Å². The van der Waals surface area contributed by atoms with Gasteiger partial charge in [-0.2, -0.15) is 0 Å². The van der Waals surface area contributed by atoms with Crippen LogP contribution >= 0.6 is 0 Å². The zero-order valence-electron chi connectivity index (χ0n) is 14.7. The number of carbonyl (C=O) groups is 2. The van der Waals surface area contributed by atoms with E-state index in [1.165, 1.54) is 0 Å². The molecule has 3 aromatic carbocycles. The maximum atomic E-state index is 12.2. The maximum absolute atomic E-state index is 12.2. The zero-order valence-corrected chi connectivity index (χ0v) is 14.7. The Hall–Kier alpha value is -3.60. The van der Waals surface area contributed by atoms with Crippen molar-refractivity contribution in [2.45, 2.75) is 13.0 Å². The Kier molecular flexibility index (Phi) is 5.84. The Morgan fingerprint density at radius 1 is 0.852 bits per heavy atom. The van der Waals surface area contributed by atoms with E-state index >= 15 is 0 Å². The molecule has 3 aromatic rings. The molecule has 5 nitrogen and oxygen atoms in total. The standard InChI is InChI=1S/C22H20N2O3/c23-22(26)18-7-4-8-19(14-18)24-21(25)13-16-9-11-20(12-10-16)27-15-17-5-2-1-3-6-17/h1-12,14H,13,15H2,(H2,23,26)(H,24,25). The molecule has 136 valence electrons. The molecule has 0 fully saturated rings. The minimum atomic E-state index is -0.530. The van der Waals surface area contributed by atoms with Crippen LogP contribution in [-0.2, 0) is 17.8 Å². The highest BCUT2D eigenvalue weighted by Crippen LogP contribution is 2.16. The van der Waals surface area contributed by atoms with Gasteiger partial charge in [0.15, 0.2) is 0 Å². The molecule has 0 aromatic heterocycles. The summed E-state index contributed by atoms with van der Waals surface area (Å²) in [5.41, 5.74) is 8.11. The van der Waals surface area contributed by atoms with Crippen molar-refractivity contribution in [1.29, 1.82) is 0 Å². The number of nitrogens with one attached hydrogen (secondary N) is 1. The Morgan fingerprint density at radius 3 is 2.30 bits per heavy atom. The van der Waals surface area contributed by atoms with Crippen molar-refractivity contribution in [2.75, 3.05) is 5.32 Å². The SMILES string of the molecule is NC(=O)c1cccc(NC(=O)Cc2ccc(OCc3ccccc3)cc2)c1. The van der Waals surface area contributed by atoms with Gasteiger partial charge in [0.1, 0.15) is 12.4 Å². The van der Waals surface area contributed by atoms with Crippen LogP contribution < -0.4 is 15.8 Å². The van der Waals surface area contributed by atoms with Gasteiger partial charge in [-0.15, -0.1) is 0 Å². The van der Waals surface area contributed by atoms with Crippen molar-refractivity contribution in [2.24, 2.45) is 5.73 Å². The second-order valence-electron chi connectivity index (χ2n) is 6.09. The van der Waals surface area contributed by atoms with Crippen LogP contribution in [0.4, 0.5) is 5.69 Å². The molecule has 0 aliphatic carbocycles. The molecule has 0 heterocycles. The summed E-state index contributed by atoms with van der Waals surface area (Å²) in [6.45, 7) is 0.497. The maximum Gasteiger partial charge on any atom is 0.248 e. The molecule has 0 atom stereocenters. The lowest BCUT2D eigenvalue weighted by Crippen LogP contribution is -2.16. The van der Waals surface area contributed by atoms with Crippen molar-refractivity contribution in [3.8, 4) is 5.75 Å². The minimum absolute atomic E-state index is 0.172. The first kappa shape index (κ1) is 18.2. The Labute approximate surface area is 157 Å². The fourth-order valence-electron chi connectivity index (χ4n) is 2.59. The van der Waals surface area contributed by atoms with Gasteiger partial charge in [0.25, 0.3) is 0 Å². The number of ether oxygens (including phenoxy) is 1. The van der Waals surface area contributed by atoms with Crippen molar-refractivity contribution >= 4 is 17.5 Å². The molecular formula is C22H20N2O3. The smallest absolute Gasteiger partial charge is 0.248 e. The third kappa shape index (κ3) is 5.44. The lowest BCUT2D eigenvalue weighted by Gasteiger charge is -2.08. The largest absolute Gasteiger partial charge is 0.489 e. The molecule has 0 unspecified atom stereocenters. The number of hydrogen-bond acceptors (Lipinski definition) is 3. The van der Waals surface area contributed by atoms with Crippen LogP contribution in [-0.4, -0.2) is 11.8 Å². The highest BCUT2D eigenvalue weighted by Gasteiger charge is 2.07. The molecule has 0 spiro atoms. The van der Waals surface area contributed by atoms with E-state index < -0.39 is 5.91 Å². The van der Waals surface area contributed by atoms with Crippen molar-refractivity contribution < 1.29 is 14.3 Å². The molecule has 3 N–H and O–H groups in total. The summed E-state index contributed by atoms with van der Waals surface area (Å²) in [6, 6.07) is 23.9. The third-order valence-electron chi connectivity index (χ3n) is 3.97. The van der Waals surface area contributed by atoms with Gasteiger partial charge in [-0.05, 0) is 41.5 Å². The average Bonchev–Trinajstić information content (AvgIpc) is 2.68. The summed E-state index contributed by atoms with van der Waals surface area (Å²) < 4.78 is 5.74. The predicted octanol–water partition coefficient (Wildman–Crippen LogP) is 3.55. The number of anilines is 1. The van der Waals surface area contributed by atoms with Gasteiger partial charge >= 0.3 is 0 Å². The van der Waals surface area contributed by atoms with Gasteiger partial charge in [0.05, 0.1) is 6.42 Å². The molecule has 0 aliphatic rings. The molecule has 0 saturated heterocycles. The van der Waals surface area contributed by atoms with Crippen molar-refractivity contribution in [3.63, 3.8) is 0 Å². The van der Waals surface area contributed by atoms with E-state index in [4.69, 9.17) is 10.5 Å². The first-order valence-corrected chi connectivity index (χ1v) is 8.55. The normalized spacial score (nSPS) is 10.2. The van der Waals surface area contributed by atoms with Crippen LogP contribution in [0, 0.1) is 0 Å². The quantitative estimate of drug-likeness (QED) is 0.676. The number of primary amides is 1. The summed E-state index contributed by atoms with van der Waals surface area (Å²) in [7, 11) is 0. The molecule has 3 rings (SSSR count). The van der Waals surface area contributed by atoms with E-state index in [1.807, 2.05) is 54.6 Å². The molecule has 2 amide bonds. The average molecular weight is 360 g/mol. The fraction of sp³-hybridized carbons (Fsp3) is 0.0909. The second-order valence-corrected chi connectivity index (χ2v) is 6.09. The van der Waals surface area contributed by atoms with Gasteiger partial charge in [0.2, 0.25) is 11.8 Å². The van der Waals surface area contributed by atoms with E-state index in [0.717, 1.165) is 16.9 Å². The zero-order chi connectivity index (χ0) is 19.1. The number of benzene rings is 3. The van der Waals surface area contributed by atoms with Crippen LogP contribution in [0.3, 0.4) is 0 Å². The van der Waals surface area contributed by atoms with Gasteiger partial charge < -0.3 is 15.8 Å². The molecular weight excluding hydrogens is 340 g/mol. The van der Waals surface area contributed by atoms with Gasteiger partial charge in [-0.1, -0.05) is 48.5 Å². The molecule has 5 heteroatoms. The first-order valence-electron chi connectivity index (χ1n) is 8.55. The first-order chi connectivity index (χ1) is 13.1. The summed E-state index contributed by atoms with van der Waals surface area (Å²) >= 11 is 0. The van der Waals surface area contributed by atoms with Crippen LogP contribution in [0.1, 0.15) is 21.5 Å². The number of rotatable bonds is 7. The number of nitrogens with two attached hydrogens (primary N) is 1. The lowest BCUT2D eigenvalue weighted by atomic mass is 10.1. The Balaban J connectivity index is 1.54. The van der Waals surface area contributed by atoms with E-state index in [9.17, 15) is 9.59 Å². The Morgan fingerprint density at radius 2 is 1.59 bits per heavy atom. The third-order valence-corrected chi connectivity index (χ3v) is 3.97. The molecule has 0 radical (unpaired) electrons. The highest BCUT2D eigenvalue weighted by atomic mass is 16.5. The van der Waals surface area contributed by atoms with E-state index in [0.29, 0.717) is 17.9 Å². The predicted molar refractivity (Wildman–Crippen MR) is 105 cm³/mol. The number of amides is 2. The summed E-state index contributed by atoms with van der Waals surface area (Å²) in [6.07, 6.45) is 0.222. The lowest BCUT2D eigenvalue weighted by molar-refractivity contribution is -0.115. The number of hydrogen-bond donors (Lipinski definition) is 2. The van der Waals surface area contributed by atoms with Crippen LogP contribution in [0.2, 0.25) is 0 Å². The van der Waals surface area contributed by atoms with Crippen molar-refractivity contribution in [1.82, 2.24) is 0 Å². The van der Waals surface area contributed by atoms with Crippen LogP contribution in [0.5, 0.6) is 5.75 Å². The number of carbonyl (C=O) groups excluding carboxylic acids is 2. The van der Waals surface area contributed by atoms with E-state index in [-0.39, 0.29) is 12.3 Å². The second kappa shape index (κ2) is 8.67. The molecule has 0 bridgehead atoms. The fourth-order valence-corrected chi connectivity index (χ4v) is 2.59. The summed E-state index contributed by atoms with van der Waals surface area (Å²) in [5, 5.41) is 2.77. The van der Waals surface area contributed by atoms with E-state index in [1.54, 1.807) is 24.3 Å². The monoisotopic (exact) mass is 360 g/mol. The highest BCUT2D eigenvalue weighted by molar-refractivity contribution is 5.96. The Bertz CT molecular complexity index is 922. The summed E-state index contributed by atoms with van der Waals surface area (Å²) in [4.78, 5) is 23.4. The molecule has 0 saturated carbocycles. The minimum Gasteiger partial charge on any atom is -0.489 e. The van der Waals surface area contributed by atoms with Crippen molar-refractivity contribution in [3.05, 3.63) is 95.6 Å². The van der Waals surface area contributed by atoms with Gasteiger partial charge in [0, 0.05) is 11.3 Å². The summed E-state index contributed by atoms with van der Waals surface area (Å²) in [5.74, 6) is 0.0453. The van der Waals surface area contributed by atoms with Crippen LogP contribution in [0.15, 0.2) is 78.9 Å². The molecule has 0 aliphatic heterocycles. The molecule has 27 heavy (non-hydrogen) atoms.